The summed E-state index contributed by atoms with van der Waals surface area (Å²) in [5.41, 5.74) is 5.83. The van der Waals surface area contributed by atoms with Crippen LogP contribution < -0.4 is 5.73 Å². The Morgan fingerprint density at radius 1 is 1.38 bits per heavy atom. The number of nitrogens with zero attached hydrogens (tertiary/aromatic N) is 1. The van der Waals surface area contributed by atoms with E-state index in [0.717, 1.165) is 17.6 Å². The van der Waals surface area contributed by atoms with Crippen molar-refractivity contribution in [3.05, 3.63) is 29.5 Å². The van der Waals surface area contributed by atoms with Crippen LogP contribution in [0.4, 0.5) is 8.78 Å². The van der Waals surface area contributed by atoms with Gasteiger partial charge in [0, 0.05) is 12.6 Å². The van der Waals surface area contributed by atoms with E-state index in [1.165, 1.54) is 6.07 Å². The Morgan fingerprint density at radius 3 is 2.85 bits per heavy atom. The molecule has 0 saturated carbocycles. The van der Waals surface area contributed by atoms with Gasteiger partial charge < -0.3 is 5.73 Å². The lowest BCUT2D eigenvalue weighted by molar-refractivity contribution is 0.592. The second-order valence-corrected chi connectivity index (χ2v) is 3.40. The molecule has 2 N–H and O–H groups in total. The van der Waals surface area contributed by atoms with Gasteiger partial charge in [-0.05, 0) is 17.6 Å². The number of fused-ring (bicyclic) bond motifs is 1. The summed E-state index contributed by atoms with van der Waals surface area (Å²) in [5, 5.41) is 0.342. The van der Waals surface area contributed by atoms with Crippen molar-refractivity contribution in [2.75, 3.05) is 0 Å². The Balaban J connectivity index is 2.82. The summed E-state index contributed by atoms with van der Waals surface area (Å²) >= 11 is 1.06. The minimum atomic E-state index is -0.593. The second kappa shape index (κ2) is 3.01. The summed E-state index contributed by atoms with van der Waals surface area (Å²) in [6.07, 6.45) is 0. The highest BCUT2D eigenvalue weighted by Gasteiger charge is 2.11. The molecular weight excluding hydrogens is 194 g/mol. The first-order chi connectivity index (χ1) is 6.22. The molecule has 0 bridgehead atoms. The molecule has 68 valence electrons. The average molecular weight is 200 g/mol. The van der Waals surface area contributed by atoms with Crippen molar-refractivity contribution in [3.8, 4) is 0 Å². The highest BCUT2D eigenvalue weighted by atomic mass is 32.1. The van der Waals surface area contributed by atoms with Crippen LogP contribution in [-0.2, 0) is 6.54 Å². The maximum atomic E-state index is 13.2. The maximum absolute atomic E-state index is 13.2. The fraction of sp³-hybridized carbons (Fsp3) is 0.125. The van der Waals surface area contributed by atoms with E-state index in [-0.39, 0.29) is 6.54 Å². The number of hydrogen-bond donors (Lipinski definition) is 1. The SMILES string of the molecule is NCc1nsc2cc(F)cc(F)c12. The lowest BCUT2D eigenvalue weighted by Crippen LogP contribution is -1.97. The first-order valence-electron chi connectivity index (χ1n) is 3.65. The predicted octanol–water partition coefficient (Wildman–Crippen LogP) is 2.03. The lowest BCUT2D eigenvalue weighted by Gasteiger charge is -1.94. The zero-order valence-corrected chi connectivity index (χ0v) is 7.37. The molecule has 2 aromatic rings. The summed E-state index contributed by atoms with van der Waals surface area (Å²) in [5.74, 6) is -1.18. The molecule has 0 saturated heterocycles. The van der Waals surface area contributed by atoms with Gasteiger partial charge in [-0.1, -0.05) is 0 Å². The van der Waals surface area contributed by atoms with Gasteiger partial charge in [-0.15, -0.1) is 0 Å². The largest absolute Gasteiger partial charge is 0.325 e. The monoisotopic (exact) mass is 200 g/mol. The molecule has 0 aliphatic heterocycles. The fourth-order valence-electron chi connectivity index (χ4n) is 1.19. The number of benzene rings is 1. The molecule has 0 amide bonds. The Morgan fingerprint density at radius 2 is 2.15 bits per heavy atom. The standard InChI is InChI=1S/C8H6F2N2S/c9-4-1-5(10)8-6(3-11)12-13-7(8)2-4/h1-2H,3,11H2. The van der Waals surface area contributed by atoms with Crippen LogP contribution in [0.2, 0.25) is 0 Å². The van der Waals surface area contributed by atoms with E-state index in [4.69, 9.17) is 5.73 Å². The molecule has 0 aliphatic rings. The van der Waals surface area contributed by atoms with E-state index < -0.39 is 11.6 Å². The van der Waals surface area contributed by atoms with Crippen molar-refractivity contribution in [3.63, 3.8) is 0 Å². The summed E-state index contributed by atoms with van der Waals surface area (Å²) < 4.78 is 30.3. The van der Waals surface area contributed by atoms with E-state index in [2.05, 4.69) is 4.37 Å². The van der Waals surface area contributed by atoms with Crippen molar-refractivity contribution in [2.24, 2.45) is 5.73 Å². The van der Waals surface area contributed by atoms with Crippen LogP contribution in [-0.4, -0.2) is 4.37 Å². The summed E-state index contributed by atoms with van der Waals surface area (Å²) in [6.45, 7) is 0.169. The lowest BCUT2D eigenvalue weighted by atomic mass is 10.2. The normalized spacial score (nSPS) is 11.0. The van der Waals surface area contributed by atoms with Crippen LogP contribution in [0.5, 0.6) is 0 Å². The first-order valence-corrected chi connectivity index (χ1v) is 4.43. The molecule has 1 heterocycles. The smallest absolute Gasteiger partial charge is 0.136 e. The Kier molecular flexibility index (Phi) is 1.97. The molecule has 13 heavy (non-hydrogen) atoms. The number of aromatic nitrogens is 1. The molecule has 0 radical (unpaired) electrons. The molecule has 0 spiro atoms. The van der Waals surface area contributed by atoms with Crippen molar-refractivity contribution < 1.29 is 8.78 Å². The van der Waals surface area contributed by atoms with Gasteiger partial charge in [0.05, 0.1) is 15.8 Å². The topological polar surface area (TPSA) is 38.9 Å². The summed E-state index contributed by atoms with van der Waals surface area (Å²) in [7, 11) is 0. The third-order valence-electron chi connectivity index (χ3n) is 1.75. The van der Waals surface area contributed by atoms with Gasteiger partial charge in [-0.2, -0.15) is 4.37 Å². The van der Waals surface area contributed by atoms with E-state index in [1.807, 2.05) is 0 Å². The summed E-state index contributed by atoms with van der Waals surface area (Å²) in [4.78, 5) is 0. The van der Waals surface area contributed by atoms with E-state index in [0.29, 0.717) is 15.8 Å². The average Bonchev–Trinajstić information content (AvgIpc) is 2.47. The quantitative estimate of drug-likeness (QED) is 0.765. The minimum absolute atomic E-state index is 0.169. The number of hydrogen-bond acceptors (Lipinski definition) is 3. The minimum Gasteiger partial charge on any atom is -0.325 e. The molecule has 0 unspecified atom stereocenters. The van der Waals surface area contributed by atoms with Crippen LogP contribution in [0.15, 0.2) is 12.1 Å². The molecular formula is C8H6F2N2S. The first kappa shape index (κ1) is 8.52. The fourth-order valence-corrected chi connectivity index (χ4v) is 2.04. The van der Waals surface area contributed by atoms with Crippen molar-refractivity contribution in [1.82, 2.24) is 4.37 Å². The van der Waals surface area contributed by atoms with E-state index >= 15 is 0 Å². The van der Waals surface area contributed by atoms with Gasteiger partial charge in [-0.3, -0.25) is 0 Å². The maximum Gasteiger partial charge on any atom is 0.136 e. The molecule has 2 rings (SSSR count). The van der Waals surface area contributed by atoms with Gasteiger partial charge in [0.25, 0.3) is 0 Å². The number of halogens is 2. The van der Waals surface area contributed by atoms with Gasteiger partial charge in [-0.25, -0.2) is 8.78 Å². The third kappa shape index (κ3) is 1.30. The predicted molar refractivity (Wildman–Crippen MR) is 47.4 cm³/mol. The molecule has 0 aliphatic carbocycles. The highest BCUT2D eigenvalue weighted by Crippen LogP contribution is 2.26. The summed E-state index contributed by atoms with van der Waals surface area (Å²) in [6, 6.07) is 2.10. The van der Waals surface area contributed by atoms with E-state index in [1.54, 1.807) is 0 Å². The third-order valence-corrected chi connectivity index (χ3v) is 2.59. The Hall–Kier alpha value is -1.07. The molecule has 5 heteroatoms. The molecule has 2 nitrogen and oxygen atoms in total. The van der Waals surface area contributed by atoms with Crippen molar-refractivity contribution in [2.45, 2.75) is 6.54 Å². The van der Waals surface area contributed by atoms with E-state index in [9.17, 15) is 8.78 Å². The zero-order valence-electron chi connectivity index (χ0n) is 6.55. The Bertz CT molecular complexity index is 453. The number of rotatable bonds is 1. The van der Waals surface area contributed by atoms with Crippen LogP contribution in [0.25, 0.3) is 10.1 Å². The van der Waals surface area contributed by atoms with Crippen LogP contribution in [0, 0.1) is 11.6 Å². The zero-order chi connectivity index (χ0) is 9.42. The van der Waals surface area contributed by atoms with Gasteiger partial charge in [0.15, 0.2) is 0 Å². The highest BCUT2D eigenvalue weighted by molar-refractivity contribution is 7.13. The molecule has 1 aromatic carbocycles. The molecule has 0 fully saturated rings. The van der Waals surface area contributed by atoms with Gasteiger partial charge in [0.1, 0.15) is 11.6 Å². The second-order valence-electron chi connectivity index (χ2n) is 2.59. The molecule has 0 atom stereocenters. The molecule has 1 aromatic heterocycles. The van der Waals surface area contributed by atoms with Crippen molar-refractivity contribution >= 4 is 21.6 Å². The Labute approximate surface area is 77.2 Å². The van der Waals surface area contributed by atoms with Crippen LogP contribution in [0.3, 0.4) is 0 Å². The van der Waals surface area contributed by atoms with Gasteiger partial charge in [0.2, 0.25) is 0 Å². The van der Waals surface area contributed by atoms with Crippen molar-refractivity contribution in [1.29, 1.82) is 0 Å². The van der Waals surface area contributed by atoms with Crippen LogP contribution in [0.1, 0.15) is 5.69 Å². The van der Waals surface area contributed by atoms with Gasteiger partial charge >= 0.3 is 0 Å². The number of nitrogens with two attached hydrogens (primary N) is 1. The van der Waals surface area contributed by atoms with Crippen LogP contribution >= 0.6 is 11.5 Å².